The highest BCUT2D eigenvalue weighted by Crippen LogP contribution is 2.27. The predicted octanol–water partition coefficient (Wildman–Crippen LogP) is 1.71. The molecule has 1 heterocycles. The van der Waals surface area contributed by atoms with E-state index in [1.807, 2.05) is 18.4 Å². The molecule has 0 radical (unpaired) electrons. The second-order valence-electron chi connectivity index (χ2n) is 2.75. The quantitative estimate of drug-likeness (QED) is 0.755. The zero-order valence-electron chi connectivity index (χ0n) is 7.98. The molecule has 0 aliphatic rings. The highest BCUT2D eigenvalue weighted by atomic mass is 32.1. The molecule has 1 N–H and O–H groups in total. The van der Waals surface area contributed by atoms with E-state index in [4.69, 9.17) is 9.47 Å². The molecule has 0 bridgehead atoms. The van der Waals surface area contributed by atoms with Gasteiger partial charge in [0, 0.05) is 19.1 Å². The Labute approximate surface area is 81.9 Å². The first-order valence-electron chi connectivity index (χ1n) is 3.98. The lowest BCUT2D eigenvalue weighted by molar-refractivity contribution is -0.165. The maximum atomic E-state index is 9.81. The molecule has 0 aromatic carbocycles. The molecular formula is C9H14O3S. The molecule has 0 aliphatic heterocycles. The lowest BCUT2D eigenvalue weighted by Gasteiger charge is -2.19. The van der Waals surface area contributed by atoms with E-state index in [1.54, 1.807) is 0 Å². The van der Waals surface area contributed by atoms with Crippen molar-refractivity contribution in [1.29, 1.82) is 0 Å². The molecule has 0 fully saturated rings. The van der Waals surface area contributed by atoms with Gasteiger partial charge in [-0.15, -0.1) is 11.3 Å². The van der Waals surface area contributed by atoms with E-state index in [-0.39, 0.29) is 0 Å². The standard InChI is InChI=1S/C9H14O3S/c1-6-4-5-13-8(6)7(10)9(11-2)12-3/h4-5,7,9-10H,1-3H3. The number of hydrogen-bond donors (Lipinski definition) is 1. The van der Waals surface area contributed by atoms with E-state index in [9.17, 15) is 5.11 Å². The molecular weight excluding hydrogens is 188 g/mol. The largest absolute Gasteiger partial charge is 0.382 e. The molecule has 0 amide bonds. The monoisotopic (exact) mass is 202 g/mol. The summed E-state index contributed by atoms with van der Waals surface area (Å²) in [7, 11) is 3.03. The number of ether oxygens (including phenoxy) is 2. The third kappa shape index (κ3) is 2.28. The fourth-order valence-corrected chi connectivity index (χ4v) is 2.09. The van der Waals surface area contributed by atoms with Crippen LogP contribution < -0.4 is 0 Å². The summed E-state index contributed by atoms with van der Waals surface area (Å²) in [6, 6.07) is 1.96. The minimum atomic E-state index is -0.699. The van der Waals surface area contributed by atoms with Gasteiger partial charge in [-0.3, -0.25) is 0 Å². The summed E-state index contributed by atoms with van der Waals surface area (Å²) < 4.78 is 9.95. The van der Waals surface area contributed by atoms with E-state index in [0.29, 0.717) is 0 Å². The van der Waals surface area contributed by atoms with Crippen molar-refractivity contribution >= 4 is 11.3 Å². The van der Waals surface area contributed by atoms with Crippen molar-refractivity contribution in [3.05, 3.63) is 21.9 Å². The van der Waals surface area contributed by atoms with Crippen molar-refractivity contribution in [1.82, 2.24) is 0 Å². The molecule has 0 aliphatic carbocycles. The van der Waals surface area contributed by atoms with E-state index < -0.39 is 12.4 Å². The van der Waals surface area contributed by atoms with Gasteiger partial charge in [0.1, 0.15) is 6.10 Å². The van der Waals surface area contributed by atoms with Crippen LogP contribution in [-0.2, 0) is 9.47 Å². The fraction of sp³-hybridized carbons (Fsp3) is 0.556. The SMILES string of the molecule is COC(OC)C(O)c1sccc1C. The number of rotatable bonds is 4. The highest BCUT2D eigenvalue weighted by molar-refractivity contribution is 7.10. The summed E-state index contributed by atoms with van der Waals surface area (Å²) in [5.74, 6) is 0. The minimum Gasteiger partial charge on any atom is -0.382 e. The first-order valence-corrected chi connectivity index (χ1v) is 4.86. The van der Waals surface area contributed by atoms with Gasteiger partial charge in [0.05, 0.1) is 0 Å². The summed E-state index contributed by atoms with van der Waals surface area (Å²) in [6.45, 7) is 1.96. The second-order valence-corrected chi connectivity index (χ2v) is 3.70. The van der Waals surface area contributed by atoms with Gasteiger partial charge in [-0.05, 0) is 23.9 Å². The van der Waals surface area contributed by atoms with Gasteiger partial charge in [-0.25, -0.2) is 0 Å². The zero-order valence-corrected chi connectivity index (χ0v) is 8.80. The van der Waals surface area contributed by atoms with Crippen LogP contribution in [0.5, 0.6) is 0 Å². The molecule has 0 saturated heterocycles. The van der Waals surface area contributed by atoms with Crippen LogP contribution in [0.25, 0.3) is 0 Å². The van der Waals surface area contributed by atoms with Crippen LogP contribution in [0.1, 0.15) is 16.5 Å². The Bertz CT molecular complexity index is 255. The molecule has 0 spiro atoms. The molecule has 1 unspecified atom stereocenters. The van der Waals surface area contributed by atoms with Crippen LogP contribution in [0.2, 0.25) is 0 Å². The molecule has 0 saturated carbocycles. The van der Waals surface area contributed by atoms with Crippen molar-refractivity contribution < 1.29 is 14.6 Å². The maximum absolute atomic E-state index is 9.81. The molecule has 1 aromatic rings. The first kappa shape index (κ1) is 10.7. The van der Waals surface area contributed by atoms with Crippen LogP contribution in [0.15, 0.2) is 11.4 Å². The van der Waals surface area contributed by atoms with Crippen LogP contribution in [0, 0.1) is 6.92 Å². The Morgan fingerprint density at radius 2 is 2.00 bits per heavy atom. The van der Waals surface area contributed by atoms with E-state index in [0.717, 1.165) is 10.4 Å². The second kappa shape index (κ2) is 4.72. The molecule has 1 rings (SSSR count). The molecule has 3 nitrogen and oxygen atoms in total. The average molecular weight is 202 g/mol. The molecule has 1 atom stereocenters. The summed E-state index contributed by atoms with van der Waals surface area (Å²) in [5.41, 5.74) is 1.07. The third-order valence-electron chi connectivity index (χ3n) is 1.89. The minimum absolute atomic E-state index is 0.586. The summed E-state index contributed by atoms with van der Waals surface area (Å²) in [5, 5.41) is 11.8. The normalized spacial score (nSPS) is 13.6. The Hall–Kier alpha value is -0.420. The Balaban J connectivity index is 2.77. The van der Waals surface area contributed by atoms with Gasteiger partial charge in [0.25, 0.3) is 0 Å². The molecule has 1 aromatic heterocycles. The van der Waals surface area contributed by atoms with Gasteiger partial charge in [-0.1, -0.05) is 0 Å². The van der Waals surface area contributed by atoms with Gasteiger partial charge in [0.15, 0.2) is 6.29 Å². The van der Waals surface area contributed by atoms with Gasteiger partial charge >= 0.3 is 0 Å². The number of hydrogen-bond acceptors (Lipinski definition) is 4. The lowest BCUT2D eigenvalue weighted by Crippen LogP contribution is -2.22. The first-order chi connectivity index (χ1) is 6.20. The van der Waals surface area contributed by atoms with Crippen molar-refractivity contribution in [2.75, 3.05) is 14.2 Å². The van der Waals surface area contributed by atoms with Crippen LogP contribution >= 0.6 is 11.3 Å². The smallest absolute Gasteiger partial charge is 0.187 e. The van der Waals surface area contributed by atoms with Gasteiger partial charge in [-0.2, -0.15) is 0 Å². The summed E-state index contributed by atoms with van der Waals surface area (Å²) in [6.07, 6.45) is -1.28. The van der Waals surface area contributed by atoms with E-state index >= 15 is 0 Å². The summed E-state index contributed by atoms with van der Waals surface area (Å²) >= 11 is 1.51. The molecule has 74 valence electrons. The van der Waals surface area contributed by atoms with Crippen LogP contribution in [0.3, 0.4) is 0 Å². The van der Waals surface area contributed by atoms with Crippen molar-refractivity contribution in [2.24, 2.45) is 0 Å². The number of aliphatic hydroxyl groups is 1. The van der Waals surface area contributed by atoms with Gasteiger partial charge in [0.2, 0.25) is 0 Å². The third-order valence-corrected chi connectivity index (χ3v) is 2.98. The van der Waals surface area contributed by atoms with E-state index in [1.165, 1.54) is 25.6 Å². The van der Waals surface area contributed by atoms with Crippen molar-refractivity contribution in [3.63, 3.8) is 0 Å². The summed E-state index contributed by atoms with van der Waals surface area (Å²) in [4.78, 5) is 0.897. The van der Waals surface area contributed by atoms with E-state index in [2.05, 4.69) is 0 Å². The zero-order chi connectivity index (χ0) is 9.84. The van der Waals surface area contributed by atoms with Crippen LogP contribution in [0.4, 0.5) is 0 Å². The highest BCUT2D eigenvalue weighted by Gasteiger charge is 2.22. The predicted molar refractivity (Wildman–Crippen MR) is 51.8 cm³/mol. The van der Waals surface area contributed by atoms with Crippen molar-refractivity contribution in [3.8, 4) is 0 Å². The average Bonchev–Trinajstić information content (AvgIpc) is 2.53. The lowest BCUT2D eigenvalue weighted by atomic mass is 10.2. The Morgan fingerprint density at radius 3 is 2.38 bits per heavy atom. The van der Waals surface area contributed by atoms with Crippen LogP contribution in [-0.4, -0.2) is 25.6 Å². The fourth-order valence-electron chi connectivity index (χ4n) is 1.17. The number of thiophene rings is 1. The van der Waals surface area contributed by atoms with Gasteiger partial charge < -0.3 is 14.6 Å². The number of aliphatic hydroxyl groups excluding tert-OH is 1. The topological polar surface area (TPSA) is 38.7 Å². The maximum Gasteiger partial charge on any atom is 0.187 e. The van der Waals surface area contributed by atoms with Crippen molar-refractivity contribution in [2.45, 2.75) is 19.3 Å². The Kier molecular flexibility index (Phi) is 3.87. The Morgan fingerprint density at radius 1 is 1.38 bits per heavy atom. The molecule has 13 heavy (non-hydrogen) atoms. The number of methoxy groups -OCH3 is 2. The number of aryl methyl sites for hydroxylation is 1. The molecule has 4 heteroatoms.